The second kappa shape index (κ2) is 10.1. The van der Waals surface area contributed by atoms with E-state index in [-0.39, 0.29) is 0 Å². The van der Waals surface area contributed by atoms with Crippen LogP contribution in [0.1, 0.15) is 0 Å². The summed E-state index contributed by atoms with van der Waals surface area (Å²) < 4.78 is 2.37. The molecule has 3 heteroatoms. The summed E-state index contributed by atoms with van der Waals surface area (Å²) in [4.78, 5) is 9.46. The highest BCUT2D eigenvalue weighted by molar-refractivity contribution is 6.24. The summed E-state index contributed by atoms with van der Waals surface area (Å²) >= 11 is 0. The van der Waals surface area contributed by atoms with E-state index < -0.39 is 0 Å². The summed E-state index contributed by atoms with van der Waals surface area (Å²) in [6.45, 7) is 0. The van der Waals surface area contributed by atoms with Gasteiger partial charge in [0.1, 0.15) is 0 Å². The summed E-state index contributed by atoms with van der Waals surface area (Å²) in [5.41, 5.74) is 10.3. The first-order chi connectivity index (χ1) is 23.3. The number of benzene rings is 8. The molecule has 0 saturated carbocycles. The quantitative estimate of drug-likeness (QED) is 0.190. The van der Waals surface area contributed by atoms with Gasteiger partial charge in [-0.3, -0.25) is 9.97 Å². The van der Waals surface area contributed by atoms with Crippen molar-refractivity contribution < 1.29 is 0 Å². The predicted molar refractivity (Wildman–Crippen MR) is 197 cm³/mol. The van der Waals surface area contributed by atoms with Gasteiger partial charge in [-0.2, -0.15) is 0 Å². The van der Waals surface area contributed by atoms with Crippen LogP contribution in [-0.4, -0.2) is 14.5 Å². The zero-order valence-corrected chi connectivity index (χ0v) is 25.4. The highest BCUT2D eigenvalue weighted by Gasteiger charge is 2.16. The van der Waals surface area contributed by atoms with Gasteiger partial charge >= 0.3 is 0 Å². The molecule has 0 bridgehead atoms. The molecule has 47 heavy (non-hydrogen) atoms. The number of rotatable bonds is 3. The van der Waals surface area contributed by atoms with E-state index in [1.165, 1.54) is 71.3 Å². The SMILES string of the molecule is c1ccc(-n2c3ccccc3c3cc(-c4cccc5c(-c6ccc7c(c6)c6ccccc6c6nccnc76)cccc45)ccc32)cc1. The van der Waals surface area contributed by atoms with Crippen molar-refractivity contribution in [3.05, 3.63) is 164 Å². The molecule has 0 saturated heterocycles. The average molecular weight is 598 g/mol. The van der Waals surface area contributed by atoms with Gasteiger partial charge in [0, 0.05) is 39.6 Å². The molecule has 2 aromatic heterocycles. The van der Waals surface area contributed by atoms with Gasteiger partial charge in [-0.1, -0.05) is 115 Å². The fraction of sp³-hybridized carbons (Fsp3) is 0. The molecule has 10 rings (SSSR count). The van der Waals surface area contributed by atoms with Gasteiger partial charge < -0.3 is 4.57 Å². The maximum absolute atomic E-state index is 4.75. The van der Waals surface area contributed by atoms with Crippen molar-refractivity contribution in [3.8, 4) is 27.9 Å². The Morgan fingerprint density at radius 1 is 0.340 bits per heavy atom. The number of para-hydroxylation sites is 2. The van der Waals surface area contributed by atoms with Crippen LogP contribution in [0, 0.1) is 0 Å². The minimum Gasteiger partial charge on any atom is -0.309 e. The second-order valence-electron chi connectivity index (χ2n) is 12.2. The van der Waals surface area contributed by atoms with Gasteiger partial charge in [-0.25, -0.2) is 0 Å². The van der Waals surface area contributed by atoms with Gasteiger partial charge in [-0.15, -0.1) is 0 Å². The Hall–Kier alpha value is -6.32. The zero-order valence-electron chi connectivity index (χ0n) is 25.4. The fourth-order valence-electron chi connectivity index (χ4n) is 7.61. The number of aromatic nitrogens is 3. The molecular formula is C44H27N3. The summed E-state index contributed by atoms with van der Waals surface area (Å²) in [5.74, 6) is 0. The lowest BCUT2D eigenvalue weighted by Crippen LogP contribution is -1.92. The molecule has 0 aliphatic heterocycles. The lowest BCUT2D eigenvalue weighted by Gasteiger charge is -2.14. The Labute approximate surface area is 271 Å². The standard InChI is InChI=1S/C44H27N3/c1-2-10-30(11-3-1)47-41-19-7-6-13-36(41)40-27-29(21-23-42(40)47)32-16-9-17-33-31(15-8-18-34(32)33)28-20-22-38-39(26-28)35-12-4-5-14-37(35)43-44(38)46-25-24-45-43/h1-27H. The summed E-state index contributed by atoms with van der Waals surface area (Å²) in [6.07, 6.45) is 3.56. The number of hydrogen-bond donors (Lipinski definition) is 0. The Morgan fingerprint density at radius 3 is 1.60 bits per heavy atom. The van der Waals surface area contributed by atoms with Crippen LogP contribution in [0.3, 0.4) is 0 Å². The number of hydrogen-bond acceptors (Lipinski definition) is 2. The molecule has 0 fully saturated rings. The summed E-state index contributed by atoms with van der Waals surface area (Å²) in [7, 11) is 0. The van der Waals surface area contributed by atoms with E-state index in [2.05, 4.69) is 156 Å². The normalized spacial score (nSPS) is 11.8. The van der Waals surface area contributed by atoms with Crippen molar-refractivity contribution in [2.75, 3.05) is 0 Å². The first-order valence-corrected chi connectivity index (χ1v) is 16.0. The van der Waals surface area contributed by atoms with Crippen LogP contribution in [0.5, 0.6) is 0 Å². The van der Waals surface area contributed by atoms with Crippen LogP contribution in [-0.2, 0) is 0 Å². The minimum absolute atomic E-state index is 0.942. The van der Waals surface area contributed by atoms with Gasteiger partial charge in [0.25, 0.3) is 0 Å². The highest BCUT2D eigenvalue weighted by Crippen LogP contribution is 2.40. The van der Waals surface area contributed by atoms with Crippen LogP contribution in [0.4, 0.5) is 0 Å². The third kappa shape index (κ3) is 3.87. The van der Waals surface area contributed by atoms with Crippen LogP contribution in [0.25, 0.3) is 93.1 Å². The van der Waals surface area contributed by atoms with Crippen molar-refractivity contribution in [1.29, 1.82) is 0 Å². The summed E-state index contributed by atoms with van der Waals surface area (Å²) in [5, 5.41) is 9.64. The Bertz CT molecular complexity index is 2810. The zero-order chi connectivity index (χ0) is 30.9. The van der Waals surface area contributed by atoms with Crippen LogP contribution in [0.15, 0.2) is 164 Å². The molecule has 218 valence electrons. The van der Waals surface area contributed by atoms with Crippen molar-refractivity contribution in [3.63, 3.8) is 0 Å². The van der Waals surface area contributed by atoms with Crippen LogP contribution in [0.2, 0.25) is 0 Å². The molecule has 0 spiro atoms. The third-order valence-electron chi connectivity index (χ3n) is 9.68. The maximum Gasteiger partial charge on any atom is 0.0971 e. The Balaban J connectivity index is 1.18. The molecule has 10 aromatic rings. The topological polar surface area (TPSA) is 30.7 Å². The molecule has 0 atom stereocenters. The molecule has 0 aliphatic rings. The van der Waals surface area contributed by atoms with Crippen LogP contribution >= 0.6 is 0 Å². The van der Waals surface area contributed by atoms with E-state index in [9.17, 15) is 0 Å². The number of fused-ring (bicyclic) bond motifs is 10. The molecular weight excluding hydrogens is 571 g/mol. The number of nitrogens with zero attached hydrogens (tertiary/aromatic N) is 3. The smallest absolute Gasteiger partial charge is 0.0971 e. The Kier molecular flexibility index (Phi) is 5.57. The van der Waals surface area contributed by atoms with Gasteiger partial charge in [0.2, 0.25) is 0 Å². The van der Waals surface area contributed by atoms with Crippen LogP contribution < -0.4 is 0 Å². The first-order valence-electron chi connectivity index (χ1n) is 16.0. The Morgan fingerprint density at radius 2 is 0.872 bits per heavy atom. The molecule has 0 unspecified atom stereocenters. The second-order valence-corrected chi connectivity index (χ2v) is 12.2. The average Bonchev–Trinajstić information content (AvgIpc) is 3.48. The molecule has 0 N–H and O–H groups in total. The lowest BCUT2D eigenvalue weighted by molar-refractivity contribution is 1.18. The van der Waals surface area contributed by atoms with Crippen molar-refractivity contribution in [2.24, 2.45) is 0 Å². The lowest BCUT2D eigenvalue weighted by atomic mass is 9.90. The van der Waals surface area contributed by atoms with Crippen molar-refractivity contribution >= 4 is 65.2 Å². The highest BCUT2D eigenvalue weighted by atomic mass is 15.0. The fourth-order valence-corrected chi connectivity index (χ4v) is 7.61. The molecule has 2 heterocycles. The van der Waals surface area contributed by atoms with E-state index in [0.29, 0.717) is 0 Å². The van der Waals surface area contributed by atoms with Crippen molar-refractivity contribution in [1.82, 2.24) is 14.5 Å². The van der Waals surface area contributed by atoms with Gasteiger partial charge in [0.05, 0.1) is 22.1 Å². The third-order valence-corrected chi connectivity index (χ3v) is 9.68. The van der Waals surface area contributed by atoms with E-state index in [1.54, 1.807) is 12.4 Å². The van der Waals surface area contributed by atoms with E-state index in [1.807, 2.05) is 0 Å². The minimum atomic E-state index is 0.942. The molecule has 0 aliphatic carbocycles. The molecule has 3 nitrogen and oxygen atoms in total. The predicted octanol–water partition coefficient (Wildman–Crippen LogP) is 11.5. The maximum atomic E-state index is 4.75. The monoisotopic (exact) mass is 597 g/mol. The van der Waals surface area contributed by atoms with E-state index in [0.717, 1.165) is 21.8 Å². The largest absolute Gasteiger partial charge is 0.309 e. The van der Waals surface area contributed by atoms with Gasteiger partial charge in [0.15, 0.2) is 0 Å². The van der Waals surface area contributed by atoms with Gasteiger partial charge in [-0.05, 0) is 80.2 Å². The first kappa shape index (κ1) is 26.0. The van der Waals surface area contributed by atoms with E-state index >= 15 is 0 Å². The molecule has 0 radical (unpaired) electrons. The van der Waals surface area contributed by atoms with Crippen molar-refractivity contribution in [2.45, 2.75) is 0 Å². The summed E-state index contributed by atoms with van der Waals surface area (Å²) in [6, 6.07) is 55.0. The molecule has 8 aromatic carbocycles. The molecule has 0 amide bonds. The van der Waals surface area contributed by atoms with E-state index in [4.69, 9.17) is 9.97 Å².